The zero-order chi connectivity index (χ0) is 22.1. The van der Waals surface area contributed by atoms with Crippen molar-refractivity contribution in [2.24, 2.45) is 0 Å². The number of amides is 2. The van der Waals surface area contributed by atoms with Crippen molar-refractivity contribution < 1.29 is 18.9 Å². The Labute approximate surface area is 202 Å². The van der Waals surface area contributed by atoms with Gasteiger partial charge in [0.1, 0.15) is 11.5 Å². The van der Waals surface area contributed by atoms with Crippen LogP contribution in [0.25, 0.3) is 17.4 Å². The molecule has 0 saturated carbocycles. The number of hydrogen-bond acceptors (Lipinski definition) is 6. The zero-order valence-corrected chi connectivity index (χ0v) is 20.1. The van der Waals surface area contributed by atoms with Crippen molar-refractivity contribution in [3.8, 4) is 11.3 Å². The molecule has 2 heterocycles. The molecule has 0 bridgehead atoms. The molecule has 1 aliphatic heterocycles. The molecule has 1 aliphatic rings. The number of benzene rings is 2. The summed E-state index contributed by atoms with van der Waals surface area (Å²) in [7, 11) is 0. The van der Waals surface area contributed by atoms with Crippen molar-refractivity contribution in [3.63, 3.8) is 0 Å². The largest absolute Gasteiger partial charge is 0.457 e. The van der Waals surface area contributed by atoms with Gasteiger partial charge in [0.15, 0.2) is 0 Å². The van der Waals surface area contributed by atoms with Crippen LogP contribution in [-0.4, -0.2) is 21.0 Å². The molecule has 7 nitrogen and oxygen atoms in total. The summed E-state index contributed by atoms with van der Waals surface area (Å²) in [5.74, 6) is 0.508. The van der Waals surface area contributed by atoms with Gasteiger partial charge in [0.2, 0.25) is 0 Å². The van der Waals surface area contributed by atoms with Crippen LogP contribution in [0.15, 0.2) is 68.4 Å². The van der Waals surface area contributed by atoms with Gasteiger partial charge in [-0.2, -0.15) is 0 Å². The van der Waals surface area contributed by atoms with E-state index in [1.807, 2.05) is 24.3 Å². The van der Waals surface area contributed by atoms with Gasteiger partial charge in [-0.05, 0) is 86.2 Å². The van der Waals surface area contributed by atoms with Gasteiger partial charge in [-0.25, -0.2) is 0 Å². The molecule has 0 N–H and O–H groups in total. The highest BCUT2D eigenvalue weighted by atomic mass is 127. The van der Waals surface area contributed by atoms with E-state index in [0.717, 1.165) is 20.9 Å². The minimum Gasteiger partial charge on any atom is -0.457 e. The molecular weight excluding hydrogens is 599 g/mol. The van der Waals surface area contributed by atoms with Crippen molar-refractivity contribution in [1.29, 1.82) is 0 Å². The number of imide groups is 1. The fourth-order valence-electron chi connectivity index (χ4n) is 2.93. The fourth-order valence-corrected chi connectivity index (χ4v) is 4.67. The Morgan fingerprint density at radius 3 is 2.55 bits per heavy atom. The summed E-state index contributed by atoms with van der Waals surface area (Å²) >= 11 is 6.38. The smallest absolute Gasteiger partial charge is 0.293 e. The first-order valence-electron chi connectivity index (χ1n) is 8.86. The van der Waals surface area contributed by atoms with Crippen LogP contribution >= 0.6 is 50.3 Å². The SMILES string of the molecule is O=C1S/C(=C\c2ccc(-c3ccc([N+](=O)[O-])cc3Br)o2)C(=O)N1Cc1ccc(I)cc1. The van der Waals surface area contributed by atoms with Gasteiger partial charge in [0.25, 0.3) is 16.8 Å². The number of nitro benzene ring substituents is 1. The van der Waals surface area contributed by atoms with E-state index in [1.165, 1.54) is 23.1 Å². The van der Waals surface area contributed by atoms with Gasteiger partial charge >= 0.3 is 0 Å². The molecule has 1 fully saturated rings. The highest BCUT2D eigenvalue weighted by Crippen LogP contribution is 2.36. The minimum atomic E-state index is -0.478. The summed E-state index contributed by atoms with van der Waals surface area (Å²) in [6.45, 7) is 0.206. The maximum Gasteiger partial charge on any atom is 0.293 e. The van der Waals surface area contributed by atoms with Crippen LogP contribution in [0.2, 0.25) is 0 Å². The predicted octanol–water partition coefficient (Wildman–Crippen LogP) is 6.46. The van der Waals surface area contributed by atoms with Crippen LogP contribution in [-0.2, 0) is 11.3 Å². The number of nitrogens with zero attached hydrogens (tertiary/aromatic N) is 2. The second kappa shape index (κ2) is 8.97. The second-order valence-electron chi connectivity index (χ2n) is 6.52. The first-order chi connectivity index (χ1) is 14.8. The molecule has 4 rings (SSSR count). The van der Waals surface area contributed by atoms with Crippen molar-refractivity contribution >= 4 is 73.2 Å². The molecule has 10 heteroatoms. The van der Waals surface area contributed by atoms with Crippen LogP contribution in [0.3, 0.4) is 0 Å². The lowest BCUT2D eigenvalue weighted by Gasteiger charge is -2.12. The quantitative estimate of drug-likeness (QED) is 0.142. The van der Waals surface area contributed by atoms with Gasteiger partial charge < -0.3 is 4.42 Å². The maximum absolute atomic E-state index is 12.7. The van der Waals surface area contributed by atoms with Crippen LogP contribution in [0.5, 0.6) is 0 Å². The van der Waals surface area contributed by atoms with Gasteiger partial charge in [0, 0.05) is 31.8 Å². The number of carbonyl (C=O) groups is 2. The van der Waals surface area contributed by atoms with E-state index in [0.29, 0.717) is 21.6 Å². The third-order valence-electron chi connectivity index (χ3n) is 4.46. The summed E-state index contributed by atoms with van der Waals surface area (Å²) in [5, 5.41) is 10.6. The van der Waals surface area contributed by atoms with Crippen molar-refractivity contribution in [1.82, 2.24) is 4.90 Å². The Morgan fingerprint density at radius 2 is 1.87 bits per heavy atom. The Kier molecular flexibility index (Phi) is 6.30. The molecule has 0 spiro atoms. The molecule has 1 aromatic heterocycles. The molecular formula is C21H12BrIN2O5S. The Hall–Kier alpha value is -2.44. The molecule has 156 valence electrons. The summed E-state index contributed by atoms with van der Waals surface area (Å²) in [6, 6.07) is 15.4. The number of thioether (sulfide) groups is 1. The number of non-ortho nitro benzene ring substituents is 1. The molecule has 2 aromatic carbocycles. The second-order valence-corrected chi connectivity index (χ2v) is 9.61. The highest BCUT2D eigenvalue weighted by Gasteiger charge is 2.35. The number of furan rings is 1. The van der Waals surface area contributed by atoms with E-state index >= 15 is 0 Å². The van der Waals surface area contributed by atoms with Gasteiger partial charge in [0.05, 0.1) is 16.4 Å². The topological polar surface area (TPSA) is 93.7 Å². The zero-order valence-electron chi connectivity index (χ0n) is 15.6. The number of hydrogen-bond donors (Lipinski definition) is 0. The van der Waals surface area contributed by atoms with E-state index in [4.69, 9.17) is 4.42 Å². The van der Waals surface area contributed by atoms with Crippen molar-refractivity contribution in [2.45, 2.75) is 6.54 Å². The first kappa shape index (κ1) is 21.8. The fraction of sp³-hybridized carbons (Fsp3) is 0.0476. The van der Waals surface area contributed by atoms with Gasteiger partial charge in [-0.15, -0.1) is 0 Å². The van der Waals surface area contributed by atoms with Crippen molar-refractivity contribution in [3.05, 3.63) is 89.0 Å². The molecule has 1 saturated heterocycles. The molecule has 2 amide bonds. The lowest BCUT2D eigenvalue weighted by molar-refractivity contribution is -0.384. The van der Waals surface area contributed by atoms with E-state index < -0.39 is 4.92 Å². The van der Waals surface area contributed by atoms with Crippen LogP contribution in [0.1, 0.15) is 11.3 Å². The predicted molar refractivity (Wildman–Crippen MR) is 129 cm³/mol. The highest BCUT2D eigenvalue weighted by molar-refractivity contribution is 14.1. The number of nitro groups is 1. The molecule has 3 aromatic rings. The Balaban J connectivity index is 1.54. The Bertz CT molecular complexity index is 1240. The molecule has 0 radical (unpaired) electrons. The minimum absolute atomic E-state index is 0.0378. The normalized spacial score (nSPS) is 15.2. The van der Waals surface area contributed by atoms with Gasteiger partial charge in [-0.3, -0.25) is 24.6 Å². The van der Waals surface area contributed by atoms with Crippen molar-refractivity contribution in [2.75, 3.05) is 0 Å². The summed E-state index contributed by atoms with van der Waals surface area (Å²) in [6.07, 6.45) is 1.53. The third kappa shape index (κ3) is 4.75. The first-order valence-corrected chi connectivity index (χ1v) is 11.5. The molecule has 0 atom stereocenters. The number of carbonyl (C=O) groups excluding carboxylic acids is 2. The van der Waals surface area contributed by atoms with Crippen LogP contribution in [0, 0.1) is 13.7 Å². The monoisotopic (exact) mass is 610 g/mol. The summed E-state index contributed by atoms with van der Waals surface area (Å²) in [4.78, 5) is 37.0. The van der Waals surface area contributed by atoms with Gasteiger partial charge in [-0.1, -0.05) is 12.1 Å². The summed E-state index contributed by atoms with van der Waals surface area (Å²) in [5.41, 5.74) is 1.47. The number of rotatable bonds is 5. The van der Waals surface area contributed by atoms with E-state index in [2.05, 4.69) is 38.5 Å². The van der Waals surface area contributed by atoms with E-state index in [9.17, 15) is 19.7 Å². The summed E-state index contributed by atoms with van der Waals surface area (Å²) < 4.78 is 7.38. The maximum atomic E-state index is 12.7. The van der Waals surface area contributed by atoms with E-state index in [1.54, 1.807) is 18.2 Å². The molecule has 0 unspecified atom stereocenters. The third-order valence-corrected chi connectivity index (χ3v) is 6.74. The van der Waals surface area contributed by atoms with Crippen LogP contribution < -0.4 is 0 Å². The van der Waals surface area contributed by atoms with Crippen LogP contribution in [0.4, 0.5) is 10.5 Å². The lowest BCUT2D eigenvalue weighted by atomic mass is 10.1. The molecule has 0 aliphatic carbocycles. The average Bonchev–Trinajstić information content (AvgIpc) is 3.29. The number of halogens is 2. The standard InChI is InChI=1S/C21H12BrIN2O5S/c22-17-9-14(25(28)29)5-7-16(17)18-8-6-15(30-18)10-19-20(26)24(21(27)31-19)11-12-1-3-13(23)4-2-12/h1-10H,11H2/b19-10-. The lowest BCUT2D eigenvalue weighted by Crippen LogP contribution is -2.27. The average molecular weight is 611 g/mol. The molecule has 31 heavy (non-hydrogen) atoms. The van der Waals surface area contributed by atoms with E-state index in [-0.39, 0.29) is 28.3 Å². The Morgan fingerprint density at radius 1 is 1.13 bits per heavy atom.